The lowest BCUT2D eigenvalue weighted by molar-refractivity contribution is -0.145. The molecule has 2 heterocycles. The van der Waals surface area contributed by atoms with Gasteiger partial charge in [0.25, 0.3) is 0 Å². The van der Waals surface area contributed by atoms with Crippen LogP contribution in [0.2, 0.25) is 0 Å². The Morgan fingerprint density at radius 2 is 1.96 bits per heavy atom. The zero-order valence-corrected chi connectivity index (χ0v) is 14.0. The minimum absolute atomic E-state index is 0.116. The Labute approximate surface area is 143 Å². The third-order valence-corrected chi connectivity index (χ3v) is 5.80. The molecule has 2 aliphatic rings. The van der Waals surface area contributed by atoms with Gasteiger partial charge in [0.05, 0.1) is 30.3 Å². The Kier molecular flexibility index (Phi) is 5.02. The van der Waals surface area contributed by atoms with E-state index in [2.05, 4.69) is 4.74 Å². The van der Waals surface area contributed by atoms with Gasteiger partial charge in [-0.1, -0.05) is 0 Å². The molecular weight excluding hydrogens is 357 g/mol. The average molecular weight is 373 g/mol. The highest BCUT2D eigenvalue weighted by Gasteiger charge is 2.32. The summed E-state index contributed by atoms with van der Waals surface area (Å²) >= 11 is 0. The van der Waals surface area contributed by atoms with E-state index in [9.17, 15) is 22.4 Å². The summed E-state index contributed by atoms with van der Waals surface area (Å²) in [6.45, 7) is 0.990. The summed E-state index contributed by atoms with van der Waals surface area (Å²) in [7, 11) is -3.89. The lowest BCUT2D eigenvalue weighted by Crippen LogP contribution is -2.40. The molecule has 0 aliphatic carbocycles. The minimum atomic E-state index is -3.89. The fourth-order valence-corrected chi connectivity index (χ4v) is 3.97. The van der Waals surface area contributed by atoms with Crippen LogP contribution in [-0.4, -0.2) is 63.7 Å². The first-order valence-corrected chi connectivity index (χ1v) is 9.08. The largest absolute Gasteiger partial charge is 0.463 e. The van der Waals surface area contributed by atoms with Crippen LogP contribution >= 0.6 is 0 Å². The van der Waals surface area contributed by atoms with Crippen LogP contribution in [0.1, 0.15) is 16.8 Å². The molecule has 3 rings (SSSR count). The summed E-state index contributed by atoms with van der Waals surface area (Å²) in [6, 6.07) is 2.89. The van der Waals surface area contributed by atoms with E-state index in [1.54, 1.807) is 0 Å². The number of halogens is 1. The van der Waals surface area contributed by atoms with Crippen molar-refractivity contribution in [2.45, 2.75) is 17.4 Å². The van der Waals surface area contributed by atoms with Crippen molar-refractivity contribution in [3.05, 3.63) is 29.6 Å². The van der Waals surface area contributed by atoms with Crippen LogP contribution < -0.4 is 0 Å². The number of sulfonamides is 1. The summed E-state index contributed by atoms with van der Waals surface area (Å²) in [4.78, 5) is 23.2. The molecular formula is C15H16FNO7S. The van der Waals surface area contributed by atoms with Crippen LogP contribution in [-0.2, 0) is 29.0 Å². The van der Waals surface area contributed by atoms with Crippen LogP contribution in [0.5, 0.6) is 0 Å². The molecule has 25 heavy (non-hydrogen) atoms. The predicted octanol–water partition coefficient (Wildman–Crippen LogP) is 0.319. The fourth-order valence-electron chi connectivity index (χ4n) is 2.53. The van der Waals surface area contributed by atoms with Gasteiger partial charge in [-0.25, -0.2) is 22.4 Å². The maximum Gasteiger partial charge on any atom is 0.347 e. The van der Waals surface area contributed by atoms with Crippen molar-refractivity contribution in [2.75, 3.05) is 32.9 Å². The number of morpholine rings is 1. The molecule has 1 aromatic rings. The van der Waals surface area contributed by atoms with Gasteiger partial charge in [0.1, 0.15) is 5.82 Å². The predicted molar refractivity (Wildman–Crippen MR) is 80.8 cm³/mol. The Balaban J connectivity index is 1.84. The second-order valence-corrected chi connectivity index (χ2v) is 7.45. The maximum atomic E-state index is 14.0. The van der Waals surface area contributed by atoms with Gasteiger partial charge in [0, 0.05) is 19.5 Å². The van der Waals surface area contributed by atoms with Crippen LogP contribution in [0.3, 0.4) is 0 Å². The highest BCUT2D eigenvalue weighted by Crippen LogP contribution is 2.22. The molecule has 0 unspecified atom stereocenters. The molecule has 2 aliphatic heterocycles. The molecule has 10 heteroatoms. The molecule has 0 amide bonds. The van der Waals surface area contributed by atoms with E-state index < -0.39 is 39.4 Å². The number of cyclic esters (lactones) is 1. The number of hydrogen-bond donors (Lipinski definition) is 0. The molecule has 1 atom stereocenters. The molecule has 2 fully saturated rings. The number of carbonyl (C=O) groups excluding carboxylic acids is 2. The van der Waals surface area contributed by atoms with Crippen molar-refractivity contribution < 1.29 is 36.6 Å². The topological polar surface area (TPSA) is 99.2 Å². The second kappa shape index (κ2) is 7.06. The van der Waals surface area contributed by atoms with Gasteiger partial charge in [-0.05, 0) is 18.2 Å². The molecule has 0 bridgehead atoms. The molecule has 2 saturated heterocycles. The van der Waals surface area contributed by atoms with Crippen molar-refractivity contribution in [3.63, 3.8) is 0 Å². The van der Waals surface area contributed by atoms with Gasteiger partial charge < -0.3 is 14.2 Å². The number of esters is 2. The van der Waals surface area contributed by atoms with Crippen LogP contribution in [0.25, 0.3) is 0 Å². The Morgan fingerprint density at radius 1 is 1.24 bits per heavy atom. The smallest absolute Gasteiger partial charge is 0.347 e. The SMILES string of the molecule is O=C(O[C@@H]1CCOC1=O)c1cc(S(=O)(=O)N2CCOCC2)ccc1F. The monoisotopic (exact) mass is 373 g/mol. The van der Waals surface area contributed by atoms with Gasteiger partial charge in [0.15, 0.2) is 0 Å². The number of ether oxygens (including phenoxy) is 3. The number of nitrogens with zero attached hydrogens (tertiary/aromatic N) is 1. The molecule has 0 aromatic heterocycles. The maximum absolute atomic E-state index is 14.0. The first-order chi connectivity index (χ1) is 11.9. The molecule has 136 valence electrons. The summed E-state index contributed by atoms with van der Waals surface area (Å²) < 4.78 is 55.1. The van der Waals surface area contributed by atoms with Crippen molar-refractivity contribution in [1.82, 2.24) is 4.31 Å². The second-order valence-electron chi connectivity index (χ2n) is 5.51. The van der Waals surface area contributed by atoms with Gasteiger partial charge in [-0.15, -0.1) is 0 Å². The summed E-state index contributed by atoms with van der Waals surface area (Å²) in [5.41, 5.74) is -0.547. The van der Waals surface area contributed by atoms with Crippen LogP contribution in [0, 0.1) is 5.82 Å². The summed E-state index contributed by atoms with van der Waals surface area (Å²) in [5.74, 6) is -2.75. The molecule has 0 spiro atoms. The first-order valence-electron chi connectivity index (χ1n) is 7.64. The highest BCUT2D eigenvalue weighted by molar-refractivity contribution is 7.89. The Morgan fingerprint density at radius 3 is 2.60 bits per heavy atom. The van der Waals surface area contributed by atoms with Gasteiger partial charge in [-0.3, -0.25) is 0 Å². The van der Waals surface area contributed by atoms with E-state index in [0.29, 0.717) is 0 Å². The van der Waals surface area contributed by atoms with Gasteiger partial charge in [0.2, 0.25) is 16.1 Å². The van der Waals surface area contributed by atoms with E-state index in [4.69, 9.17) is 9.47 Å². The van der Waals surface area contributed by atoms with Crippen LogP contribution in [0.4, 0.5) is 4.39 Å². The van der Waals surface area contributed by atoms with Crippen molar-refractivity contribution in [2.24, 2.45) is 0 Å². The summed E-state index contributed by atoms with van der Waals surface area (Å²) in [6.07, 6.45) is -0.927. The quantitative estimate of drug-likeness (QED) is 0.701. The van der Waals surface area contributed by atoms with E-state index in [0.717, 1.165) is 18.2 Å². The fraction of sp³-hybridized carbons (Fsp3) is 0.467. The van der Waals surface area contributed by atoms with E-state index >= 15 is 0 Å². The van der Waals surface area contributed by atoms with Crippen molar-refractivity contribution in [3.8, 4) is 0 Å². The normalized spacial score (nSPS) is 21.8. The van der Waals surface area contributed by atoms with E-state index in [-0.39, 0.29) is 44.2 Å². The highest BCUT2D eigenvalue weighted by atomic mass is 32.2. The molecule has 0 saturated carbocycles. The van der Waals surface area contributed by atoms with E-state index in [1.165, 1.54) is 4.31 Å². The molecule has 0 N–H and O–H groups in total. The zero-order chi connectivity index (χ0) is 18.0. The Hall–Kier alpha value is -2.04. The van der Waals surface area contributed by atoms with E-state index in [1.807, 2.05) is 0 Å². The third kappa shape index (κ3) is 3.65. The number of hydrogen-bond acceptors (Lipinski definition) is 7. The van der Waals surface area contributed by atoms with Crippen LogP contribution in [0.15, 0.2) is 23.1 Å². The van der Waals surface area contributed by atoms with Gasteiger partial charge >= 0.3 is 11.9 Å². The standard InChI is InChI=1S/C15H16FNO7S/c16-12-2-1-10(25(20,21)17-4-7-22-8-5-17)9-11(12)14(18)24-13-3-6-23-15(13)19/h1-2,9,13H,3-8H2/t13-/m1/s1. The lowest BCUT2D eigenvalue weighted by Gasteiger charge is -2.26. The van der Waals surface area contributed by atoms with Crippen molar-refractivity contribution >= 4 is 22.0 Å². The molecule has 0 radical (unpaired) electrons. The number of benzene rings is 1. The number of carbonyl (C=O) groups is 2. The minimum Gasteiger partial charge on any atom is -0.463 e. The van der Waals surface area contributed by atoms with Gasteiger partial charge in [-0.2, -0.15) is 4.31 Å². The Bertz CT molecular complexity index is 789. The average Bonchev–Trinajstić information content (AvgIpc) is 3.00. The summed E-state index contributed by atoms with van der Waals surface area (Å²) in [5, 5.41) is 0. The lowest BCUT2D eigenvalue weighted by atomic mass is 10.2. The van der Waals surface area contributed by atoms with Crippen molar-refractivity contribution in [1.29, 1.82) is 0 Å². The first kappa shape index (κ1) is 17.8. The molecule has 1 aromatic carbocycles. The third-order valence-electron chi connectivity index (χ3n) is 3.90. The zero-order valence-electron chi connectivity index (χ0n) is 13.1. The molecule has 8 nitrogen and oxygen atoms in total. The number of rotatable bonds is 4.